The number of anilines is 2. The summed E-state index contributed by atoms with van der Waals surface area (Å²) in [5.74, 6) is -0.540. The van der Waals surface area contributed by atoms with Crippen LogP contribution in [-0.2, 0) is 0 Å². The maximum atomic E-state index is 11.5. The predicted octanol–water partition coefficient (Wildman–Crippen LogP) is 2.74. The van der Waals surface area contributed by atoms with Crippen molar-refractivity contribution in [1.82, 2.24) is 15.0 Å². The van der Waals surface area contributed by atoms with Gasteiger partial charge in [-0.1, -0.05) is 35.0 Å². The SMILES string of the molecule is CSc1nc(Cl)c(C(N)=O)c(Nc2cccnc2Cl)n1. The molecule has 104 valence electrons. The molecule has 3 N–H and O–H groups in total. The lowest BCUT2D eigenvalue weighted by molar-refractivity contribution is 0.100. The van der Waals surface area contributed by atoms with E-state index in [2.05, 4.69) is 20.3 Å². The Balaban J connectivity index is 2.52. The normalized spacial score (nSPS) is 10.3. The Bertz CT molecular complexity index is 667. The Labute approximate surface area is 129 Å². The van der Waals surface area contributed by atoms with Gasteiger partial charge in [-0.05, 0) is 18.4 Å². The van der Waals surface area contributed by atoms with E-state index in [1.807, 2.05) is 0 Å². The van der Waals surface area contributed by atoms with Gasteiger partial charge in [0.05, 0.1) is 5.69 Å². The molecule has 0 aliphatic rings. The van der Waals surface area contributed by atoms with Crippen molar-refractivity contribution in [2.45, 2.75) is 5.16 Å². The number of hydrogen-bond acceptors (Lipinski definition) is 6. The molecule has 0 saturated carbocycles. The highest BCUT2D eigenvalue weighted by Crippen LogP contribution is 2.28. The Morgan fingerprint density at radius 2 is 2.10 bits per heavy atom. The minimum Gasteiger partial charge on any atom is -0.365 e. The van der Waals surface area contributed by atoms with E-state index in [0.29, 0.717) is 10.8 Å². The molecule has 0 fully saturated rings. The van der Waals surface area contributed by atoms with Gasteiger partial charge in [-0.2, -0.15) is 0 Å². The summed E-state index contributed by atoms with van der Waals surface area (Å²) in [5.41, 5.74) is 5.79. The highest BCUT2D eigenvalue weighted by Gasteiger charge is 2.18. The second-order valence-corrected chi connectivity index (χ2v) is 5.05. The molecule has 2 aromatic rings. The maximum Gasteiger partial charge on any atom is 0.255 e. The fourth-order valence-corrected chi connectivity index (χ4v) is 2.27. The molecule has 0 unspecified atom stereocenters. The fraction of sp³-hybridized carbons (Fsp3) is 0.0909. The molecular weight excluding hydrogens is 321 g/mol. The smallest absolute Gasteiger partial charge is 0.255 e. The van der Waals surface area contributed by atoms with E-state index in [4.69, 9.17) is 28.9 Å². The molecule has 20 heavy (non-hydrogen) atoms. The summed E-state index contributed by atoms with van der Waals surface area (Å²) in [6.07, 6.45) is 3.33. The van der Waals surface area contributed by atoms with Gasteiger partial charge in [0.2, 0.25) is 0 Å². The number of hydrogen-bond donors (Lipinski definition) is 2. The van der Waals surface area contributed by atoms with Crippen LogP contribution in [0.25, 0.3) is 0 Å². The van der Waals surface area contributed by atoms with Gasteiger partial charge in [-0.25, -0.2) is 15.0 Å². The number of nitrogens with zero attached hydrogens (tertiary/aromatic N) is 3. The monoisotopic (exact) mass is 329 g/mol. The first-order chi connectivity index (χ1) is 9.52. The Hall–Kier alpha value is -1.57. The van der Waals surface area contributed by atoms with Gasteiger partial charge in [0.1, 0.15) is 16.5 Å². The van der Waals surface area contributed by atoms with Gasteiger partial charge >= 0.3 is 0 Å². The lowest BCUT2D eigenvalue weighted by Crippen LogP contribution is -2.16. The molecule has 0 spiro atoms. The van der Waals surface area contributed by atoms with Crippen LogP contribution in [0.3, 0.4) is 0 Å². The zero-order chi connectivity index (χ0) is 14.7. The van der Waals surface area contributed by atoms with Crippen molar-refractivity contribution in [3.8, 4) is 0 Å². The lowest BCUT2D eigenvalue weighted by Gasteiger charge is -2.11. The number of nitrogens with two attached hydrogens (primary N) is 1. The number of thioether (sulfide) groups is 1. The van der Waals surface area contributed by atoms with Crippen molar-refractivity contribution in [3.63, 3.8) is 0 Å². The molecule has 0 aliphatic heterocycles. The molecule has 0 radical (unpaired) electrons. The molecule has 2 rings (SSSR count). The number of carbonyl (C=O) groups excluding carboxylic acids is 1. The molecule has 1 amide bonds. The average molecular weight is 330 g/mol. The first-order valence-electron chi connectivity index (χ1n) is 5.31. The largest absolute Gasteiger partial charge is 0.365 e. The van der Waals surface area contributed by atoms with Gasteiger partial charge in [-0.15, -0.1) is 0 Å². The van der Waals surface area contributed by atoms with Crippen LogP contribution >= 0.6 is 35.0 Å². The van der Waals surface area contributed by atoms with Gasteiger partial charge in [0.25, 0.3) is 5.91 Å². The van der Waals surface area contributed by atoms with Gasteiger partial charge in [0, 0.05) is 6.20 Å². The van der Waals surface area contributed by atoms with Crippen LogP contribution in [0.2, 0.25) is 10.3 Å². The van der Waals surface area contributed by atoms with E-state index in [1.165, 1.54) is 11.8 Å². The molecule has 0 bridgehead atoms. The van der Waals surface area contributed by atoms with Crippen molar-refractivity contribution < 1.29 is 4.79 Å². The van der Waals surface area contributed by atoms with Crippen molar-refractivity contribution in [2.75, 3.05) is 11.6 Å². The quantitative estimate of drug-likeness (QED) is 0.387. The molecule has 0 atom stereocenters. The van der Waals surface area contributed by atoms with Crippen molar-refractivity contribution in [3.05, 3.63) is 34.2 Å². The number of primary amides is 1. The maximum absolute atomic E-state index is 11.5. The van der Waals surface area contributed by atoms with Crippen LogP contribution in [0.1, 0.15) is 10.4 Å². The zero-order valence-electron chi connectivity index (χ0n) is 10.2. The Morgan fingerprint density at radius 1 is 1.35 bits per heavy atom. The highest BCUT2D eigenvalue weighted by atomic mass is 35.5. The Morgan fingerprint density at radius 3 is 2.70 bits per heavy atom. The van der Waals surface area contributed by atoms with Gasteiger partial charge in [0.15, 0.2) is 10.3 Å². The van der Waals surface area contributed by atoms with E-state index < -0.39 is 5.91 Å². The number of aromatic nitrogens is 3. The summed E-state index contributed by atoms with van der Waals surface area (Å²) in [5, 5.41) is 3.52. The summed E-state index contributed by atoms with van der Waals surface area (Å²) >= 11 is 13.2. The van der Waals surface area contributed by atoms with E-state index in [0.717, 1.165) is 0 Å². The van der Waals surface area contributed by atoms with Crippen molar-refractivity contribution in [1.29, 1.82) is 0 Å². The topological polar surface area (TPSA) is 93.8 Å². The minimum atomic E-state index is -0.731. The van der Waals surface area contributed by atoms with Crippen molar-refractivity contribution >= 4 is 52.4 Å². The van der Waals surface area contributed by atoms with E-state index >= 15 is 0 Å². The third-order valence-electron chi connectivity index (χ3n) is 2.29. The number of carbonyl (C=O) groups is 1. The van der Waals surface area contributed by atoms with Gasteiger partial charge < -0.3 is 11.1 Å². The number of halogens is 2. The van der Waals surface area contributed by atoms with Crippen LogP contribution in [0, 0.1) is 0 Å². The van der Waals surface area contributed by atoms with E-state index in [9.17, 15) is 4.79 Å². The van der Waals surface area contributed by atoms with Crippen LogP contribution in [0.15, 0.2) is 23.5 Å². The fourth-order valence-electron chi connectivity index (χ4n) is 1.42. The van der Waals surface area contributed by atoms with E-state index in [1.54, 1.807) is 24.6 Å². The molecule has 6 nitrogen and oxygen atoms in total. The van der Waals surface area contributed by atoms with Crippen LogP contribution in [-0.4, -0.2) is 27.1 Å². The lowest BCUT2D eigenvalue weighted by atomic mass is 10.3. The molecule has 2 aromatic heterocycles. The molecule has 9 heteroatoms. The number of rotatable bonds is 4. The molecule has 0 saturated heterocycles. The molecule has 2 heterocycles. The molecule has 0 aromatic carbocycles. The number of amides is 1. The zero-order valence-corrected chi connectivity index (χ0v) is 12.6. The predicted molar refractivity (Wildman–Crippen MR) is 79.9 cm³/mol. The van der Waals surface area contributed by atoms with E-state index in [-0.39, 0.29) is 21.7 Å². The summed E-state index contributed by atoms with van der Waals surface area (Å²) in [4.78, 5) is 23.5. The molecule has 0 aliphatic carbocycles. The standard InChI is InChI=1S/C11H9Cl2N5OS/c1-20-11-17-8(13)6(9(14)19)10(18-11)16-5-3-2-4-15-7(5)12/h2-4H,1H3,(H2,14,19)(H,16,17,18). The minimum absolute atomic E-state index is 0.00406. The van der Waals surface area contributed by atoms with Crippen LogP contribution in [0.5, 0.6) is 0 Å². The third-order valence-corrected chi connectivity index (χ3v) is 3.41. The first kappa shape index (κ1) is 14.8. The highest BCUT2D eigenvalue weighted by molar-refractivity contribution is 7.98. The van der Waals surface area contributed by atoms with Crippen LogP contribution < -0.4 is 11.1 Å². The van der Waals surface area contributed by atoms with Crippen LogP contribution in [0.4, 0.5) is 11.5 Å². The average Bonchev–Trinajstić information content (AvgIpc) is 2.40. The van der Waals surface area contributed by atoms with Crippen molar-refractivity contribution in [2.24, 2.45) is 5.73 Å². The summed E-state index contributed by atoms with van der Waals surface area (Å²) < 4.78 is 0. The van der Waals surface area contributed by atoms with Gasteiger partial charge in [-0.3, -0.25) is 4.79 Å². The number of pyridine rings is 1. The second-order valence-electron chi connectivity index (χ2n) is 3.56. The summed E-state index contributed by atoms with van der Waals surface area (Å²) in [6, 6.07) is 3.38. The summed E-state index contributed by atoms with van der Waals surface area (Å²) in [7, 11) is 0. The Kier molecular flexibility index (Phi) is 4.64. The second kappa shape index (κ2) is 6.25. The molecular formula is C11H9Cl2N5OS. The third kappa shape index (κ3) is 3.12. The first-order valence-corrected chi connectivity index (χ1v) is 7.30. The summed E-state index contributed by atoms with van der Waals surface area (Å²) in [6.45, 7) is 0. The number of nitrogens with one attached hydrogen (secondary N) is 1.